The van der Waals surface area contributed by atoms with Crippen LogP contribution in [-0.4, -0.2) is 30.2 Å². The SMILES string of the molecule is CCCN1CCC(=NNc2ccc(Cl)c(Cl)c2)CC1. The number of piperidine rings is 1. The molecule has 0 amide bonds. The third-order valence-corrected chi connectivity index (χ3v) is 3.97. The third kappa shape index (κ3) is 4.37. The maximum atomic E-state index is 5.96. The molecule has 0 saturated carbocycles. The summed E-state index contributed by atoms with van der Waals surface area (Å²) in [6.07, 6.45) is 3.29. The lowest BCUT2D eigenvalue weighted by Crippen LogP contribution is -2.34. The van der Waals surface area contributed by atoms with Crippen molar-refractivity contribution in [1.29, 1.82) is 0 Å². The highest BCUT2D eigenvalue weighted by molar-refractivity contribution is 6.42. The van der Waals surface area contributed by atoms with Crippen molar-refractivity contribution in [2.24, 2.45) is 5.10 Å². The molecule has 0 radical (unpaired) electrons. The maximum Gasteiger partial charge on any atom is 0.0613 e. The zero-order valence-electron chi connectivity index (χ0n) is 11.1. The highest BCUT2D eigenvalue weighted by atomic mass is 35.5. The van der Waals surface area contributed by atoms with Gasteiger partial charge in [-0.3, -0.25) is 5.43 Å². The number of nitrogens with zero attached hydrogens (tertiary/aromatic N) is 2. The number of hydrazone groups is 1. The molecule has 1 aromatic carbocycles. The van der Waals surface area contributed by atoms with Crippen molar-refractivity contribution in [2.45, 2.75) is 26.2 Å². The number of anilines is 1. The Balaban J connectivity index is 1.87. The minimum Gasteiger partial charge on any atom is -0.303 e. The van der Waals surface area contributed by atoms with E-state index in [2.05, 4.69) is 22.4 Å². The molecule has 3 nitrogen and oxygen atoms in total. The van der Waals surface area contributed by atoms with Crippen molar-refractivity contribution in [1.82, 2.24) is 4.90 Å². The van der Waals surface area contributed by atoms with Crippen molar-refractivity contribution in [2.75, 3.05) is 25.1 Å². The van der Waals surface area contributed by atoms with Crippen LogP contribution < -0.4 is 5.43 Å². The number of benzene rings is 1. The third-order valence-electron chi connectivity index (χ3n) is 3.24. The molecule has 1 aromatic rings. The van der Waals surface area contributed by atoms with Gasteiger partial charge in [0.15, 0.2) is 0 Å². The van der Waals surface area contributed by atoms with Crippen molar-refractivity contribution < 1.29 is 0 Å². The zero-order chi connectivity index (χ0) is 13.7. The molecule has 1 N–H and O–H groups in total. The Morgan fingerprint density at radius 3 is 2.58 bits per heavy atom. The number of nitrogens with one attached hydrogen (secondary N) is 1. The summed E-state index contributed by atoms with van der Waals surface area (Å²) in [5.41, 5.74) is 5.15. The lowest BCUT2D eigenvalue weighted by molar-refractivity contribution is 0.275. The van der Waals surface area contributed by atoms with Crippen LogP contribution in [-0.2, 0) is 0 Å². The smallest absolute Gasteiger partial charge is 0.0613 e. The number of likely N-dealkylation sites (tertiary alicyclic amines) is 1. The Morgan fingerprint density at radius 1 is 1.21 bits per heavy atom. The van der Waals surface area contributed by atoms with E-state index in [0.717, 1.165) is 31.6 Å². The summed E-state index contributed by atoms with van der Waals surface area (Å²) in [5.74, 6) is 0. The van der Waals surface area contributed by atoms with E-state index in [4.69, 9.17) is 23.2 Å². The molecule has 1 fully saturated rings. The Morgan fingerprint density at radius 2 is 1.95 bits per heavy atom. The predicted octanol–water partition coefficient (Wildman–Crippen LogP) is 4.27. The second-order valence-electron chi connectivity index (χ2n) is 4.76. The van der Waals surface area contributed by atoms with Crippen LogP contribution >= 0.6 is 23.2 Å². The van der Waals surface area contributed by atoms with E-state index in [1.54, 1.807) is 12.1 Å². The topological polar surface area (TPSA) is 27.6 Å². The molecule has 19 heavy (non-hydrogen) atoms. The van der Waals surface area contributed by atoms with Crippen molar-refractivity contribution in [3.63, 3.8) is 0 Å². The average molecular weight is 300 g/mol. The van der Waals surface area contributed by atoms with Crippen LogP contribution in [0.5, 0.6) is 0 Å². The van der Waals surface area contributed by atoms with Crippen LogP contribution in [0.3, 0.4) is 0 Å². The van der Waals surface area contributed by atoms with Gasteiger partial charge in [0, 0.05) is 31.6 Å². The molecule has 0 aliphatic carbocycles. The van der Waals surface area contributed by atoms with Gasteiger partial charge in [0.1, 0.15) is 0 Å². The molecule has 1 heterocycles. The first-order valence-corrected chi connectivity index (χ1v) is 7.43. The molecule has 104 valence electrons. The fourth-order valence-electron chi connectivity index (χ4n) is 2.17. The van der Waals surface area contributed by atoms with Gasteiger partial charge in [0.2, 0.25) is 0 Å². The Labute approximate surface area is 124 Å². The minimum absolute atomic E-state index is 0.546. The Kier molecular flexibility index (Phi) is 5.49. The van der Waals surface area contributed by atoms with Gasteiger partial charge in [-0.2, -0.15) is 5.10 Å². The van der Waals surface area contributed by atoms with Crippen molar-refractivity contribution >= 4 is 34.6 Å². The van der Waals surface area contributed by atoms with Gasteiger partial charge in [-0.1, -0.05) is 30.1 Å². The molecule has 0 spiro atoms. The molecule has 0 unspecified atom stereocenters. The summed E-state index contributed by atoms with van der Waals surface area (Å²) in [6.45, 7) is 5.62. The fraction of sp³-hybridized carbons (Fsp3) is 0.500. The van der Waals surface area contributed by atoms with Gasteiger partial charge >= 0.3 is 0 Å². The van der Waals surface area contributed by atoms with Crippen LogP contribution in [0.25, 0.3) is 0 Å². The molecule has 0 bridgehead atoms. The first-order valence-electron chi connectivity index (χ1n) is 6.68. The Bertz CT molecular complexity index is 450. The molecule has 1 aliphatic heterocycles. The van der Waals surface area contributed by atoms with Crippen molar-refractivity contribution in [3.8, 4) is 0 Å². The first kappa shape index (κ1) is 14.6. The van der Waals surface area contributed by atoms with Crippen LogP contribution in [0.15, 0.2) is 23.3 Å². The van der Waals surface area contributed by atoms with E-state index in [1.165, 1.54) is 18.7 Å². The quantitative estimate of drug-likeness (QED) is 0.841. The van der Waals surface area contributed by atoms with E-state index in [-0.39, 0.29) is 0 Å². The van der Waals surface area contributed by atoms with E-state index < -0.39 is 0 Å². The van der Waals surface area contributed by atoms with Gasteiger partial charge in [-0.05, 0) is 31.2 Å². The standard InChI is InChI=1S/C14H19Cl2N3/c1-2-7-19-8-5-11(6-9-19)17-18-12-3-4-13(15)14(16)10-12/h3-4,10,18H,2,5-9H2,1H3. The lowest BCUT2D eigenvalue weighted by atomic mass is 10.1. The molecule has 2 rings (SSSR count). The molecule has 1 saturated heterocycles. The van der Waals surface area contributed by atoms with E-state index >= 15 is 0 Å². The zero-order valence-corrected chi connectivity index (χ0v) is 12.6. The molecular formula is C14H19Cl2N3. The van der Waals surface area contributed by atoms with Gasteiger partial charge in [-0.25, -0.2) is 0 Å². The second kappa shape index (κ2) is 7.13. The fourth-order valence-corrected chi connectivity index (χ4v) is 2.47. The summed E-state index contributed by atoms with van der Waals surface area (Å²) in [6, 6.07) is 5.45. The summed E-state index contributed by atoms with van der Waals surface area (Å²) >= 11 is 11.8. The Hall–Kier alpha value is -0.770. The molecule has 0 atom stereocenters. The summed E-state index contributed by atoms with van der Waals surface area (Å²) in [5, 5.41) is 5.57. The highest BCUT2D eigenvalue weighted by Gasteiger charge is 2.13. The van der Waals surface area contributed by atoms with Gasteiger partial charge in [-0.15, -0.1) is 0 Å². The number of halogens is 2. The van der Waals surface area contributed by atoms with E-state index in [9.17, 15) is 0 Å². The maximum absolute atomic E-state index is 5.96. The molecule has 1 aliphatic rings. The number of hydrogen-bond donors (Lipinski definition) is 1. The highest BCUT2D eigenvalue weighted by Crippen LogP contribution is 2.25. The molecule has 5 heteroatoms. The van der Waals surface area contributed by atoms with E-state index in [0.29, 0.717) is 10.0 Å². The van der Waals surface area contributed by atoms with Gasteiger partial charge in [0.25, 0.3) is 0 Å². The largest absolute Gasteiger partial charge is 0.303 e. The summed E-state index contributed by atoms with van der Waals surface area (Å²) in [4.78, 5) is 2.48. The van der Waals surface area contributed by atoms with Gasteiger partial charge in [0.05, 0.1) is 15.7 Å². The predicted molar refractivity (Wildman–Crippen MR) is 83.5 cm³/mol. The summed E-state index contributed by atoms with van der Waals surface area (Å²) in [7, 11) is 0. The number of hydrogen-bond acceptors (Lipinski definition) is 3. The van der Waals surface area contributed by atoms with Gasteiger partial charge < -0.3 is 4.90 Å². The van der Waals surface area contributed by atoms with Crippen molar-refractivity contribution in [3.05, 3.63) is 28.2 Å². The van der Waals surface area contributed by atoms with Crippen LogP contribution in [0.1, 0.15) is 26.2 Å². The average Bonchev–Trinajstić information content (AvgIpc) is 2.42. The molecule has 0 aromatic heterocycles. The first-order chi connectivity index (χ1) is 9.19. The lowest BCUT2D eigenvalue weighted by Gasteiger charge is -2.26. The second-order valence-corrected chi connectivity index (χ2v) is 5.57. The van der Waals surface area contributed by atoms with Crippen LogP contribution in [0.2, 0.25) is 10.0 Å². The van der Waals surface area contributed by atoms with Crippen LogP contribution in [0.4, 0.5) is 5.69 Å². The number of rotatable bonds is 4. The normalized spacial score (nSPS) is 16.5. The summed E-state index contributed by atoms with van der Waals surface area (Å²) < 4.78 is 0. The van der Waals surface area contributed by atoms with E-state index in [1.807, 2.05) is 6.07 Å². The molecular weight excluding hydrogens is 281 g/mol. The monoisotopic (exact) mass is 299 g/mol. The minimum atomic E-state index is 0.546. The van der Waals surface area contributed by atoms with Crippen LogP contribution in [0, 0.1) is 0 Å².